The first-order valence-electron chi connectivity index (χ1n) is 6.00. The number of hydrogen-bond donors (Lipinski definition) is 2. The van der Waals surface area contributed by atoms with Crippen LogP contribution >= 0.6 is 0 Å². The molecule has 0 fully saturated rings. The Morgan fingerprint density at radius 2 is 2.16 bits per heavy atom. The summed E-state index contributed by atoms with van der Waals surface area (Å²) in [6, 6.07) is 0. The summed E-state index contributed by atoms with van der Waals surface area (Å²) in [6.45, 7) is 1.57. The van der Waals surface area contributed by atoms with Crippen LogP contribution in [-0.4, -0.2) is 45.7 Å². The third kappa shape index (κ3) is 3.30. The van der Waals surface area contributed by atoms with Crippen LogP contribution in [0.3, 0.4) is 0 Å². The molecule has 0 spiro atoms. The molecule has 0 atom stereocenters. The largest absolute Gasteiger partial charge is 0.490 e. The zero-order chi connectivity index (χ0) is 13.5. The van der Waals surface area contributed by atoms with Crippen LogP contribution in [0.4, 0.5) is 11.6 Å². The predicted molar refractivity (Wildman–Crippen MR) is 71.3 cm³/mol. The molecule has 0 unspecified atom stereocenters. The topological polar surface area (TPSA) is 89.8 Å². The van der Waals surface area contributed by atoms with Gasteiger partial charge in [0.2, 0.25) is 5.75 Å². The van der Waals surface area contributed by atoms with Gasteiger partial charge in [0.05, 0.1) is 13.3 Å². The van der Waals surface area contributed by atoms with E-state index in [0.29, 0.717) is 17.4 Å². The average molecular weight is 263 g/mol. The van der Waals surface area contributed by atoms with Gasteiger partial charge in [0.1, 0.15) is 6.33 Å². The molecule has 0 aliphatic heterocycles. The van der Waals surface area contributed by atoms with Crippen molar-refractivity contribution >= 4 is 11.6 Å². The molecule has 2 N–H and O–H groups in total. The first-order chi connectivity index (χ1) is 9.35. The monoisotopic (exact) mass is 263 g/mol. The lowest BCUT2D eigenvalue weighted by molar-refractivity contribution is 0.414. The lowest BCUT2D eigenvalue weighted by Gasteiger charge is -2.12. The molecule has 0 bridgehead atoms. The van der Waals surface area contributed by atoms with Crippen LogP contribution in [0.1, 0.15) is 6.42 Å². The summed E-state index contributed by atoms with van der Waals surface area (Å²) in [5.74, 6) is 1.96. The van der Waals surface area contributed by atoms with Crippen molar-refractivity contribution in [3.8, 4) is 5.75 Å². The maximum Gasteiger partial charge on any atom is 0.204 e. The highest BCUT2D eigenvalue weighted by Crippen LogP contribution is 2.28. The molecule has 2 heterocycles. The summed E-state index contributed by atoms with van der Waals surface area (Å²) >= 11 is 0. The van der Waals surface area contributed by atoms with Crippen LogP contribution in [0, 0.1) is 0 Å². The molecule has 19 heavy (non-hydrogen) atoms. The van der Waals surface area contributed by atoms with E-state index in [1.54, 1.807) is 25.0 Å². The molecule has 0 saturated carbocycles. The van der Waals surface area contributed by atoms with Crippen molar-refractivity contribution in [3.05, 3.63) is 18.7 Å². The Morgan fingerprint density at radius 1 is 1.32 bits per heavy atom. The van der Waals surface area contributed by atoms with E-state index in [1.165, 1.54) is 6.33 Å². The minimum atomic E-state index is 0.616. The molecule has 0 amide bonds. The standard InChI is InChI=1S/C11H17N7O/c1-12-10-9(19-2)11(15-8-14-10)13-4-3-6-18-7-5-16-17-18/h5,7-8H,3-4,6H2,1-2H3,(H2,12,13,14,15). The SMILES string of the molecule is CNc1ncnc(NCCCn2ccnn2)c1OC. The molecule has 0 aliphatic carbocycles. The third-order valence-electron chi connectivity index (χ3n) is 2.57. The van der Waals surface area contributed by atoms with Gasteiger partial charge < -0.3 is 15.4 Å². The first kappa shape index (κ1) is 13.1. The smallest absolute Gasteiger partial charge is 0.204 e. The number of hydrogen-bond acceptors (Lipinski definition) is 7. The summed E-state index contributed by atoms with van der Waals surface area (Å²) < 4.78 is 7.08. The van der Waals surface area contributed by atoms with Crippen molar-refractivity contribution in [1.82, 2.24) is 25.0 Å². The molecule has 0 saturated heterocycles. The Kier molecular flexibility index (Phi) is 4.49. The molecule has 2 aromatic rings. The summed E-state index contributed by atoms with van der Waals surface area (Å²) in [7, 11) is 3.39. The van der Waals surface area contributed by atoms with Gasteiger partial charge in [-0.05, 0) is 6.42 Å². The van der Waals surface area contributed by atoms with E-state index in [0.717, 1.165) is 19.5 Å². The Bertz CT molecular complexity index is 500. The normalized spacial score (nSPS) is 10.2. The maximum absolute atomic E-state index is 5.29. The summed E-state index contributed by atoms with van der Waals surface area (Å²) in [5, 5.41) is 13.8. The molecule has 8 nitrogen and oxygen atoms in total. The fraction of sp³-hybridized carbons (Fsp3) is 0.455. The van der Waals surface area contributed by atoms with Crippen molar-refractivity contribution < 1.29 is 4.74 Å². The second-order valence-electron chi connectivity index (χ2n) is 3.80. The molecule has 102 valence electrons. The minimum absolute atomic E-state index is 0.616. The Morgan fingerprint density at radius 3 is 2.84 bits per heavy atom. The van der Waals surface area contributed by atoms with E-state index in [2.05, 4.69) is 30.9 Å². The van der Waals surface area contributed by atoms with Gasteiger partial charge in [0, 0.05) is 26.3 Å². The van der Waals surface area contributed by atoms with Gasteiger partial charge in [-0.1, -0.05) is 5.21 Å². The molecule has 2 rings (SSSR count). The van der Waals surface area contributed by atoms with E-state index in [-0.39, 0.29) is 0 Å². The molecule has 0 aliphatic rings. The van der Waals surface area contributed by atoms with Crippen LogP contribution in [0.5, 0.6) is 5.75 Å². The summed E-state index contributed by atoms with van der Waals surface area (Å²) in [4.78, 5) is 8.26. The zero-order valence-electron chi connectivity index (χ0n) is 11.0. The quantitative estimate of drug-likeness (QED) is 0.708. The van der Waals surface area contributed by atoms with Gasteiger partial charge in [-0.15, -0.1) is 5.10 Å². The van der Waals surface area contributed by atoms with E-state index in [1.807, 2.05) is 6.20 Å². The Balaban J connectivity index is 1.88. The van der Waals surface area contributed by atoms with Gasteiger partial charge in [-0.3, -0.25) is 4.68 Å². The highest BCUT2D eigenvalue weighted by atomic mass is 16.5. The van der Waals surface area contributed by atoms with E-state index >= 15 is 0 Å². The van der Waals surface area contributed by atoms with Gasteiger partial charge in [0.25, 0.3) is 0 Å². The number of ether oxygens (including phenoxy) is 1. The van der Waals surface area contributed by atoms with Gasteiger partial charge >= 0.3 is 0 Å². The van der Waals surface area contributed by atoms with E-state index in [9.17, 15) is 0 Å². The molecule has 8 heteroatoms. The number of rotatable bonds is 7. The lowest BCUT2D eigenvalue weighted by Crippen LogP contribution is -2.10. The van der Waals surface area contributed by atoms with E-state index in [4.69, 9.17) is 4.74 Å². The van der Waals surface area contributed by atoms with Crippen molar-refractivity contribution in [2.75, 3.05) is 31.3 Å². The van der Waals surface area contributed by atoms with Crippen LogP contribution in [0.2, 0.25) is 0 Å². The van der Waals surface area contributed by atoms with Crippen molar-refractivity contribution in [2.45, 2.75) is 13.0 Å². The average Bonchev–Trinajstić information content (AvgIpc) is 2.96. The molecular formula is C11H17N7O. The summed E-state index contributed by atoms with van der Waals surface area (Å²) in [5.41, 5.74) is 0. The second-order valence-corrected chi connectivity index (χ2v) is 3.80. The fourth-order valence-electron chi connectivity index (χ4n) is 1.67. The number of nitrogens with zero attached hydrogens (tertiary/aromatic N) is 5. The highest BCUT2D eigenvalue weighted by Gasteiger charge is 2.09. The lowest BCUT2D eigenvalue weighted by atomic mass is 10.4. The Hall–Kier alpha value is -2.38. The first-order valence-corrected chi connectivity index (χ1v) is 6.00. The summed E-state index contributed by atoms with van der Waals surface area (Å²) in [6.07, 6.45) is 5.91. The van der Waals surface area contributed by atoms with Gasteiger partial charge in [-0.25, -0.2) is 9.97 Å². The third-order valence-corrected chi connectivity index (χ3v) is 2.57. The molecule has 2 aromatic heterocycles. The molecule has 0 radical (unpaired) electrons. The van der Waals surface area contributed by atoms with Crippen molar-refractivity contribution in [3.63, 3.8) is 0 Å². The van der Waals surface area contributed by atoms with Crippen molar-refractivity contribution in [1.29, 1.82) is 0 Å². The van der Waals surface area contributed by atoms with E-state index < -0.39 is 0 Å². The van der Waals surface area contributed by atoms with Crippen molar-refractivity contribution in [2.24, 2.45) is 0 Å². The number of methoxy groups -OCH3 is 1. The number of nitrogens with one attached hydrogen (secondary N) is 2. The van der Waals surface area contributed by atoms with Crippen LogP contribution < -0.4 is 15.4 Å². The van der Waals surface area contributed by atoms with Crippen LogP contribution in [-0.2, 0) is 6.54 Å². The highest BCUT2D eigenvalue weighted by molar-refractivity contribution is 5.63. The van der Waals surface area contributed by atoms with Gasteiger partial charge in [-0.2, -0.15) is 0 Å². The van der Waals surface area contributed by atoms with Crippen LogP contribution in [0.25, 0.3) is 0 Å². The van der Waals surface area contributed by atoms with Gasteiger partial charge in [0.15, 0.2) is 11.6 Å². The zero-order valence-corrected chi connectivity index (χ0v) is 11.0. The Labute approximate surface area is 111 Å². The second kappa shape index (κ2) is 6.53. The number of aryl methyl sites for hydroxylation is 1. The minimum Gasteiger partial charge on any atom is -0.490 e. The maximum atomic E-state index is 5.29. The molecule has 0 aromatic carbocycles. The predicted octanol–water partition coefficient (Wildman–Crippen LogP) is 0.621. The molecular weight excluding hydrogens is 246 g/mol. The fourth-order valence-corrected chi connectivity index (χ4v) is 1.67. The number of aromatic nitrogens is 5. The number of anilines is 2. The van der Waals surface area contributed by atoms with Crippen LogP contribution in [0.15, 0.2) is 18.7 Å².